The van der Waals surface area contributed by atoms with Gasteiger partial charge in [-0.15, -0.1) is 4.91 Å². The van der Waals surface area contributed by atoms with Crippen molar-refractivity contribution in [3.63, 3.8) is 0 Å². The minimum Gasteiger partial charge on any atom is -0.300 e. The average molecular weight is 158 g/mol. The van der Waals surface area contributed by atoms with Crippen LogP contribution in [0.15, 0.2) is 5.29 Å². The third-order valence-corrected chi connectivity index (χ3v) is 1.43. The number of rotatable bonds is 6. The molecule has 11 heavy (non-hydrogen) atoms. The van der Waals surface area contributed by atoms with Gasteiger partial charge >= 0.3 is 0 Å². The zero-order chi connectivity index (χ0) is 8.69. The van der Waals surface area contributed by atoms with E-state index in [0.717, 1.165) is 6.42 Å². The third kappa shape index (κ3) is 5.51. The van der Waals surface area contributed by atoms with E-state index in [1.165, 1.54) is 5.01 Å². The van der Waals surface area contributed by atoms with Crippen molar-refractivity contribution < 1.29 is 4.79 Å². The van der Waals surface area contributed by atoms with Gasteiger partial charge in [-0.1, -0.05) is 0 Å². The summed E-state index contributed by atoms with van der Waals surface area (Å²) in [5.74, 6) is 0.159. The fourth-order valence-electron chi connectivity index (χ4n) is 0.767. The molecule has 0 atom stereocenters. The lowest BCUT2D eigenvalue weighted by Crippen LogP contribution is -2.17. The summed E-state index contributed by atoms with van der Waals surface area (Å²) in [5, 5.41) is 4.18. The highest BCUT2D eigenvalue weighted by atomic mass is 16.3. The van der Waals surface area contributed by atoms with Gasteiger partial charge in [-0.25, -0.2) is 0 Å². The second kappa shape index (κ2) is 5.82. The maximum Gasteiger partial charge on any atom is 0.129 e. The Morgan fingerprint density at radius 2 is 2.18 bits per heavy atom. The van der Waals surface area contributed by atoms with Gasteiger partial charge in [0, 0.05) is 19.5 Å². The number of ketones is 1. The number of carbonyl (C=O) groups is 1. The highest BCUT2D eigenvalue weighted by molar-refractivity contribution is 5.75. The van der Waals surface area contributed by atoms with Crippen LogP contribution in [0, 0.1) is 4.91 Å². The van der Waals surface area contributed by atoms with Crippen molar-refractivity contribution >= 4 is 5.78 Å². The van der Waals surface area contributed by atoms with Gasteiger partial charge in [0.1, 0.15) is 5.78 Å². The second-order valence-electron chi connectivity index (χ2n) is 2.43. The molecule has 0 bridgehead atoms. The van der Waals surface area contributed by atoms with Crippen molar-refractivity contribution in [1.82, 2.24) is 5.01 Å². The predicted molar refractivity (Wildman–Crippen MR) is 43.0 cm³/mol. The summed E-state index contributed by atoms with van der Waals surface area (Å²) in [4.78, 5) is 20.5. The van der Waals surface area contributed by atoms with Gasteiger partial charge in [0.05, 0.1) is 5.29 Å². The molecule has 0 fully saturated rings. The van der Waals surface area contributed by atoms with E-state index in [2.05, 4.69) is 5.29 Å². The molecule has 0 heterocycles. The van der Waals surface area contributed by atoms with Crippen molar-refractivity contribution in [2.45, 2.75) is 26.7 Å². The Labute approximate surface area is 66.5 Å². The first-order valence-corrected chi connectivity index (χ1v) is 3.78. The molecule has 4 nitrogen and oxygen atoms in total. The maximum absolute atomic E-state index is 10.5. The van der Waals surface area contributed by atoms with E-state index in [9.17, 15) is 9.70 Å². The van der Waals surface area contributed by atoms with E-state index in [0.29, 0.717) is 19.5 Å². The van der Waals surface area contributed by atoms with E-state index in [1.54, 1.807) is 6.92 Å². The van der Waals surface area contributed by atoms with Gasteiger partial charge in [0.15, 0.2) is 0 Å². The van der Waals surface area contributed by atoms with Crippen LogP contribution in [-0.4, -0.2) is 23.9 Å². The summed E-state index contributed by atoms with van der Waals surface area (Å²) in [6.45, 7) is 4.60. The average Bonchev–Trinajstić information content (AvgIpc) is 1.98. The molecular weight excluding hydrogens is 144 g/mol. The highest BCUT2D eigenvalue weighted by Gasteiger charge is 1.99. The van der Waals surface area contributed by atoms with Crippen LogP contribution in [0.3, 0.4) is 0 Å². The number of Topliss-reactive ketones (excluding diaryl/α,β-unsaturated/α-hetero) is 1. The van der Waals surface area contributed by atoms with Crippen LogP contribution in [0.5, 0.6) is 0 Å². The second-order valence-corrected chi connectivity index (χ2v) is 2.43. The van der Waals surface area contributed by atoms with E-state index < -0.39 is 0 Å². The smallest absolute Gasteiger partial charge is 0.129 e. The quantitative estimate of drug-likeness (QED) is 0.433. The standard InChI is InChI=1S/C7H14N2O2/c1-3-9(8-11)6-4-5-7(2)10/h3-6H2,1-2H3. The van der Waals surface area contributed by atoms with Gasteiger partial charge in [0.2, 0.25) is 0 Å². The van der Waals surface area contributed by atoms with Crippen LogP contribution in [0.1, 0.15) is 26.7 Å². The number of nitrogens with zero attached hydrogens (tertiary/aromatic N) is 2. The Bertz CT molecular complexity index is 136. The van der Waals surface area contributed by atoms with Gasteiger partial charge in [-0.05, 0) is 20.3 Å². The number of hydrogen-bond donors (Lipinski definition) is 0. The first-order valence-electron chi connectivity index (χ1n) is 3.78. The molecule has 0 rings (SSSR count). The Balaban J connectivity index is 3.35. The predicted octanol–water partition coefficient (Wildman–Crippen LogP) is 1.36. The van der Waals surface area contributed by atoms with E-state index >= 15 is 0 Å². The van der Waals surface area contributed by atoms with Gasteiger partial charge < -0.3 is 4.79 Å². The largest absolute Gasteiger partial charge is 0.300 e. The van der Waals surface area contributed by atoms with Gasteiger partial charge in [0.25, 0.3) is 0 Å². The van der Waals surface area contributed by atoms with E-state index in [4.69, 9.17) is 0 Å². The minimum atomic E-state index is 0.159. The Morgan fingerprint density at radius 1 is 1.55 bits per heavy atom. The van der Waals surface area contributed by atoms with E-state index in [-0.39, 0.29) is 5.78 Å². The molecule has 0 saturated heterocycles. The Hall–Kier alpha value is -0.930. The zero-order valence-corrected chi connectivity index (χ0v) is 7.04. The maximum atomic E-state index is 10.5. The SMILES string of the molecule is CCN(CCCC(C)=O)N=O. The summed E-state index contributed by atoms with van der Waals surface area (Å²) in [6, 6.07) is 0. The summed E-state index contributed by atoms with van der Waals surface area (Å²) in [7, 11) is 0. The molecule has 0 amide bonds. The lowest BCUT2D eigenvalue weighted by Gasteiger charge is -2.10. The lowest BCUT2D eigenvalue weighted by molar-refractivity contribution is -0.117. The van der Waals surface area contributed by atoms with Crippen LogP contribution in [0.4, 0.5) is 0 Å². The van der Waals surface area contributed by atoms with Crippen molar-refractivity contribution in [3.05, 3.63) is 4.91 Å². The molecule has 0 saturated carbocycles. The summed E-state index contributed by atoms with van der Waals surface area (Å²) >= 11 is 0. The summed E-state index contributed by atoms with van der Waals surface area (Å²) in [5.41, 5.74) is 0. The molecule has 0 aliphatic heterocycles. The van der Waals surface area contributed by atoms with Crippen LogP contribution >= 0.6 is 0 Å². The summed E-state index contributed by atoms with van der Waals surface area (Å²) in [6.07, 6.45) is 1.25. The van der Waals surface area contributed by atoms with Gasteiger partial charge in [-0.3, -0.25) is 5.01 Å². The zero-order valence-electron chi connectivity index (χ0n) is 7.04. The van der Waals surface area contributed by atoms with Gasteiger partial charge in [-0.2, -0.15) is 0 Å². The number of nitroso groups, excluding NO2 is 1. The molecule has 0 aromatic heterocycles. The first-order chi connectivity index (χ1) is 5.20. The highest BCUT2D eigenvalue weighted by Crippen LogP contribution is 1.95. The normalized spacial score (nSPS) is 9.27. The number of hydrogen-bond acceptors (Lipinski definition) is 3. The molecule has 0 spiro atoms. The van der Waals surface area contributed by atoms with Crippen molar-refractivity contribution in [3.8, 4) is 0 Å². The molecule has 0 aromatic carbocycles. The topological polar surface area (TPSA) is 49.7 Å². The van der Waals surface area contributed by atoms with Crippen LogP contribution in [0.25, 0.3) is 0 Å². The molecule has 0 aliphatic carbocycles. The molecule has 64 valence electrons. The lowest BCUT2D eigenvalue weighted by atomic mass is 10.2. The molecule has 0 N–H and O–H groups in total. The molecule has 0 radical (unpaired) electrons. The van der Waals surface area contributed by atoms with Crippen LogP contribution in [-0.2, 0) is 4.79 Å². The minimum absolute atomic E-state index is 0.159. The van der Waals surface area contributed by atoms with Crippen LogP contribution < -0.4 is 0 Å². The Kier molecular flexibility index (Phi) is 5.33. The van der Waals surface area contributed by atoms with Crippen molar-refractivity contribution in [2.24, 2.45) is 5.29 Å². The molecule has 0 aliphatic rings. The Morgan fingerprint density at radius 3 is 2.55 bits per heavy atom. The summed E-state index contributed by atoms with van der Waals surface area (Å²) < 4.78 is 0. The third-order valence-electron chi connectivity index (χ3n) is 1.43. The first kappa shape index (κ1) is 10.1. The monoisotopic (exact) mass is 158 g/mol. The fraction of sp³-hybridized carbons (Fsp3) is 0.857. The molecule has 4 heteroatoms. The van der Waals surface area contributed by atoms with Crippen LogP contribution in [0.2, 0.25) is 0 Å². The molecule has 0 unspecified atom stereocenters. The molecular formula is C7H14N2O2. The fourth-order valence-corrected chi connectivity index (χ4v) is 0.767. The number of carbonyl (C=O) groups excluding carboxylic acids is 1. The van der Waals surface area contributed by atoms with E-state index in [1.807, 2.05) is 6.92 Å². The van der Waals surface area contributed by atoms with Crippen molar-refractivity contribution in [2.75, 3.05) is 13.1 Å². The molecule has 0 aromatic rings. The van der Waals surface area contributed by atoms with Crippen molar-refractivity contribution in [1.29, 1.82) is 0 Å².